The van der Waals surface area contributed by atoms with E-state index >= 15 is 0 Å². The van der Waals surface area contributed by atoms with Crippen LogP contribution in [0, 0.1) is 5.92 Å². The Morgan fingerprint density at radius 3 is 2.44 bits per heavy atom. The first-order valence-corrected chi connectivity index (χ1v) is 10.3. The summed E-state index contributed by atoms with van der Waals surface area (Å²) in [6, 6.07) is 5.00. The molecule has 7 heteroatoms. The summed E-state index contributed by atoms with van der Waals surface area (Å²) in [5.41, 5.74) is 0.535. The smallest absolute Gasteiger partial charge is 0.176 e. The SMILES string of the molecule is COc1ccc(C(=O)CN(CC(C)C)[C@H]2CCS(=O)(=O)C2)cc1OC. The summed E-state index contributed by atoms with van der Waals surface area (Å²) in [6.07, 6.45) is 0.592. The number of carbonyl (C=O) groups is 1. The largest absolute Gasteiger partial charge is 0.493 e. The van der Waals surface area contributed by atoms with E-state index < -0.39 is 9.84 Å². The molecule has 0 amide bonds. The van der Waals surface area contributed by atoms with Crippen molar-refractivity contribution < 1.29 is 22.7 Å². The summed E-state index contributed by atoms with van der Waals surface area (Å²) in [5.74, 6) is 1.72. The summed E-state index contributed by atoms with van der Waals surface area (Å²) in [7, 11) is 0.0883. The minimum Gasteiger partial charge on any atom is -0.493 e. The Labute approximate surface area is 150 Å². The highest BCUT2D eigenvalue weighted by molar-refractivity contribution is 7.91. The number of sulfone groups is 1. The molecule has 140 valence electrons. The Hall–Kier alpha value is -1.60. The number of hydrogen-bond donors (Lipinski definition) is 0. The second-order valence-electron chi connectivity index (χ2n) is 6.87. The number of benzene rings is 1. The molecule has 0 N–H and O–H groups in total. The van der Waals surface area contributed by atoms with Crippen molar-refractivity contribution in [1.29, 1.82) is 0 Å². The van der Waals surface area contributed by atoms with E-state index in [2.05, 4.69) is 13.8 Å². The Balaban J connectivity index is 2.16. The van der Waals surface area contributed by atoms with E-state index in [1.165, 1.54) is 7.11 Å². The van der Waals surface area contributed by atoms with Crippen molar-refractivity contribution >= 4 is 15.6 Å². The molecule has 1 aliphatic rings. The lowest BCUT2D eigenvalue weighted by atomic mass is 10.1. The molecule has 0 saturated carbocycles. The van der Waals surface area contributed by atoms with Gasteiger partial charge in [0, 0.05) is 18.2 Å². The lowest BCUT2D eigenvalue weighted by molar-refractivity contribution is 0.0886. The van der Waals surface area contributed by atoms with Gasteiger partial charge in [0.1, 0.15) is 0 Å². The van der Waals surface area contributed by atoms with Crippen LogP contribution in [0.15, 0.2) is 18.2 Å². The van der Waals surface area contributed by atoms with E-state index in [-0.39, 0.29) is 29.9 Å². The van der Waals surface area contributed by atoms with E-state index in [9.17, 15) is 13.2 Å². The lowest BCUT2D eigenvalue weighted by Gasteiger charge is -2.29. The zero-order valence-electron chi connectivity index (χ0n) is 15.3. The molecule has 1 aliphatic heterocycles. The van der Waals surface area contributed by atoms with E-state index in [1.807, 2.05) is 4.90 Å². The number of nitrogens with zero attached hydrogens (tertiary/aromatic N) is 1. The van der Waals surface area contributed by atoms with Crippen molar-refractivity contribution in [1.82, 2.24) is 4.90 Å². The molecule has 1 aromatic rings. The highest BCUT2D eigenvalue weighted by Gasteiger charge is 2.33. The Bertz CT molecular complexity index is 714. The Kier molecular flexibility index (Phi) is 6.46. The van der Waals surface area contributed by atoms with Gasteiger partial charge in [0.25, 0.3) is 0 Å². The van der Waals surface area contributed by atoms with Gasteiger partial charge in [0.2, 0.25) is 0 Å². The molecule has 2 rings (SSSR count). The fraction of sp³-hybridized carbons (Fsp3) is 0.611. The summed E-state index contributed by atoms with van der Waals surface area (Å²) in [6.45, 7) is 5.03. The minimum atomic E-state index is -2.99. The molecule has 0 unspecified atom stereocenters. The number of carbonyl (C=O) groups excluding carboxylic acids is 1. The molecular formula is C18H27NO5S. The number of ether oxygens (including phenoxy) is 2. The highest BCUT2D eigenvalue weighted by atomic mass is 32.2. The minimum absolute atomic E-state index is 0.0501. The maximum atomic E-state index is 12.7. The third kappa shape index (κ3) is 5.19. The quantitative estimate of drug-likeness (QED) is 0.653. The van der Waals surface area contributed by atoms with Crippen molar-refractivity contribution in [2.45, 2.75) is 26.3 Å². The van der Waals surface area contributed by atoms with Crippen LogP contribution >= 0.6 is 0 Å². The van der Waals surface area contributed by atoms with Crippen molar-refractivity contribution in [3.8, 4) is 11.5 Å². The number of hydrogen-bond acceptors (Lipinski definition) is 6. The van der Waals surface area contributed by atoms with Gasteiger partial charge in [-0.05, 0) is 30.5 Å². The van der Waals surface area contributed by atoms with Crippen LogP contribution in [-0.2, 0) is 9.84 Å². The van der Waals surface area contributed by atoms with Gasteiger partial charge in [-0.2, -0.15) is 0 Å². The van der Waals surface area contributed by atoms with E-state index in [0.29, 0.717) is 35.9 Å². The maximum absolute atomic E-state index is 12.7. The molecule has 1 atom stereocenters. The average Bonchev–Trinajstić information content (AvgIpc) is 2.93. The maximum Gasteiger partial charge on any atom is 0.176 e. The summed E-state index contributed by atoms with van der Waals surface area (Å²) < 4.78 is 34.0. The van der Waals surface area contributed by atoms with Gasteiger partial charge in [0.15, 0.2) is 27.1 Å². The first-order valence-electron chi connectivity index (χ1n) is 8.45. The molecule has 1 saturated heterocycles. The van der Waals surface area contributed by atoms with Gasteiger partial charge in [-0.3, -0.25) is 9.69 Å². The first-order chi connectivity index (χ1) is 11.8. The normalized spacial score (nSPS) is 19.4. The van der Waals surface area contributed by atoms with Gasteiger partial charge < -0.3 is 9.47 Å². The number of methoxy groups -OCH3 is 2. The molecule has 0 bridgehead atoms. The fourth-order valence-corrected chi connectivity index (χ4v) is 4.92. The lowest BCUT2D eigenvalue weighted by Crippen LogP contribution is -2.42. The van der Waals surface area contributed by atoms with Crippen LogP contribution in [-0.4, -0.2) is 64.0 Å². The first kappa shape index (κ1) is 19.7. The number of Topliss-reactive ketones (excluding diaryl/α,β-unsaturated/α-hetero) is 1. The van der Waals surface area contributed by atoms with Crippen molar-refractivity contribution in [2.75, 3.05) is 38.8 Å². The zero-order valence-corrected chi connectivity index (χ0v) is 16.1. The molecule has 0 aromatic heterocycles. The van der Waals surface area contributed by atoms with Crippen LogP contribution in [0.1, 0.15) is 30.6 Å². The third-order valence-electron chi connectivity index (χ3n) is 4.38. The molecule has 6 nitrogen and oxygen atoms in total. The molecule has 0 spiro atoms. The van der Waals surface area contributed by atoms with Crippen LogP contribution in [0.25, 0.3) is 0 Å². The standard InChI is InChI=1S/C18H27NO5S/c1-13(2)10-19(15-7-8-25(21,22)12-15)11-16(20)14-5-6-17(23-3)18(9-14)24-4/h5-6,9,13,15H,7-8,10-12H2,1-4H3/t15-/m0/s1. The fourth-order valence-electron chi connectivity index (χ4n) is 3.16. The van der Waals surface area contributed by atoms with Gasteiger partial charge in [-0.25, -0.2) is 8.42 Å². The molecule has 1 aromatic carbocycles. The average molecular weight is 369 g/mol. The monoisotopic (exact) mass is 369 g/mol. The molecule has 25 heavy (non-hydrogen) atoms. The Morgan fingerprint density at radius 2 is 1.92 bits per heavy atom. The van der Waals surface area contributed by atoms with Crippen molar-refractivity contribution in [3.63, 3.8) is 0 Å². The summed E-state index contributed by atoms with van der Waals surface area (Å²) in [5, 5.41) is 0. The van der Waals surface area contributed by atoms with Gasteiger partial charge in [0.05, 0.1) is 32.3 Å². The third-order valence-corrected chi connectivity index (χ3v) is 6.13. The topological polar surface area (TPSA) is 72.9 Å². The predicted octanol–water partition coefficient (Wildman–Crippen LogP) is 2.03. The van der Waals surface area contributed by atoms with Crippen LogP contribution in [0.3, 0.4) is 0 Å². The van der Waals surface area contributed by atoms with Crippen molar-refractivity contribution in [3.05, 3.63) is 23.8 Å². The molecular weight excluding hydrogens is 342 g/mol. The van der Waals surface area contributed by atoms with Crippen LogP contribution in [0.4, 0.5) is 0 Å². The van der Waals surface area contributed by atoms with Gasteiger partial charge >= 0.3 is 0 Å². The second-order valence-corrected chi connectivity index (χ2v) is 9.10. The molecule has 1 fully saturated rings. The van der Waals surface area contributed by atoms with Crippen LogP contribution in [0.2, 0.25) is 0 Å². The zero-order chi connectivity index (χ0) is 18.6. The summed E-state index contributed by atoms with van der Waals surface area (Å²) in [4.78, 5) is 14.7. The summed E-state index contributed by atoms with van der Waals surface area (Å²) >= 11 is 0. The van der Waals surface area contributed by atoms with E-state index in [0.717, 1.165) is 0 Å². The highest BCUT2D eigenvalue weighted by Crippen LogP contribution is 2.28. The Morgan fingerprint density at radius 1 is 1.24 bits per heavy atom. The van der Waals surface area contributed by atoms with Gasteiger partial charge in [-0.15, -0.1) is 0 Å². The van der Waals surface area contributed by atoms with E-state index in [1.54, 1.807) is 25.3 Å². The number of ketones is 1. The molecule has 0 radical (unpaired) electrons. The van der Waals surface area contributed by atoms with Gasteiger partial charge in [-0.1, -0.05) is 13.8 Å². The van der Waals surface area contributed by atoms with Crippen LogP contribution < -0.4 is 9.47 Å². The number of rotatable bonds is 8. The van der Waals surface area contributed by atoms with Crippen molar-refractivity contribution in [2.24, 2.45) is 5.92 Å². The molecule has 0 aliphatic carbocycles. The second kappa shape index (κ2) is 8.19. The molecule has 1 heterocycles. The predicted molar refractivity (Wildman–Crippen MR) is 97.3 cm³/mol. The van der Waals surface area contributed by atoms with E-state index in [4.69, 9.17) is 9.47 Å². The van der Waals surface area contributed by atoms with Crippen LogP contribution in [0.5, 0.6) is 11.5 Å².